The minimum absolute atomic E-state index is 0.00146. The number of aliphatic hydroxyl groups is 1. The molecule has 0 radical (unpaired) electrons. The van der Waals surface area contributed by atoms with E-state index in [0.29, 0.717) is 6.61 Å². The van der Waals surface area contributed by atoms with Gasteiger partial charge in [-0.25, -0.2) is 4.98 Å². The highest BCUT2D eigenvalue weighted by atomic mass is 16.6. The number of benzene rings is 2. The van der Waals surface area contributed by atoms with Crippen LogP contribution in [0.2, 0.25) is 0 Å². The Morgan fingerprint density at radius 3 is 2.90 bits per heavy atom. The molecular formula is C16H15N3O2. The molecule has 3 aromatic rings. The smallest absolute Gasteiger partial charge is 0.238 e. The maximum absolute atomic E-state index is 10.2. The van der Waals surface area contributed by atoms with Crippen LogP contribution in [0, 0.1) is 0 Å². The van der Waals surface area contributed by atoms with Gasteiger partial charge in [0.25, 0.3) is 0 Å². The second-order valence-electron chi connectivity index (χ2n) is 5.10. The number of aromatic amines is 1. The van der Waals surface area contributed by atoms with E-state index in [1.165, 1.54) is 0 Å². The number of fused-ring (bicyclic) bond motifs is 1. The lowest BCUT2D eigenvalue weighted by atomic mass is 10.1. The SMILES string of the molecule is OC1OC[C@@H](c2ccccc2)N1c1ccc2nc[nH]c2c1. The van der Waals surface area contributed by atoms with Crippen LogP contribution >= 0.6 is 0 Å². The highest BCUT2D eigenvalue weighted by molar-refractivity contribution is 5.79. The lowest BCUT2D eigenvalue weighted by Crippen LogP contribution is -2.32. The van der Waals surface area contributed by atoms with Gasteiger partial charge in [0.2, 0.25) is 6.41 Å². The zero-order valence-electron chi connectivity index (χ0n) is 11.3. The van der Waals surface area contributed by atoms with Crippen molar-refractivity contribution in [2.75, 3.05) is 11.5 Å². The topological polar surface area (TPSA) is 61.4 Å². The number of aliphatic hydroxyl groups excluding tert-OH is 1. The van der Waals surface area contributed by atoms with Crippen molar-refractivity contribution in [1.29, 1.82) is 0 Å². The third-order valence-electron chi connectivity index (χ3n) is 3.86. The summed E-state index contributed by atoms with van der Waals surface area (Å²) in [6.07, 6.45) is 0.732. The molecule has 2 N–H and O–H groups in total. The Hall–Kier alpha value is -2.37. The van der Waals surface area contributed by atoms with Gasteiger partial charge in [-0.3, -0.25) is 0 Å². The highest BCUT2D eigenvalue weighted by Gasteiger charge is 2.34. The van der Waals surface area contributed by atoms with Crippen LogP contribution in [0.15, 0.2) is 54.9 Å². The second kappa shape index (κ2) is 4.87. The normalized spacial score (nSPS) is 22.0. The van der Waals surface area contributed by atoms with E-state index in [9.17, 15) is 5.11 Å². The number of nitrogens with one attached hydrogen (secondary N) is 1. The van der Waals surface area contributed by atoms with Crippen molar-refractivity contribution in [1.82, 2.24) is 9.97 Å². The van der Waals surface area contributed by atoms with Crippen LogP contribution in [0.4, 0.5) is 5.69 Å². The lowest BCUT2D eigenvalue weighted by molar-refractivity contribution is -0.0575. The van der Waals surface area contributed by atoms with Gasteiger partial charge in [0.15, 0.2) is 0 Å². The molecule has 1 aromatic heterocycles. The first-order valence-corrected chi connectivity index (χ1v) is 6.89. The molecule has 0 saturated carbocycles. The molecule has 1 aliphatic rings. The molecule has 0 bridgehead atoms. The Balaban J connectivity index is 1.76. The molecule has 21 heavy (non-hydrogen) atoms. The molecule has 2 aromatic carbocycles. The molecular weight excluding hydrogens is 266 g/mol. The zero-order chi connectivity index (χ0) is 14.2. The Bertz CT molecular complexity index is 756. The summed E-state index contributed by atoms with van der Waals surface area (Å²) in [5.74, 6) is 0. The molecule has 4 rings (SSSR count). The van der Waals surface area contributed by atoms with E-state index in [0.717, 1.165) is 22.3 Å². The average molecular weight is 281 g/mol. The first-order valence-electron chi connectivity index (χ1n) is 6.89. The van der Waals surface area contributed by atoms with Gasteiger partial charge in [0, 0.05) is 5.69 Å². The van der Waals surface area contributed by atoms with Crippen LogP contribution in [-0.2, 0) is 4.74 Å². The minimum atomic E-state index is -0.935. The van der Waals surface area contributed by atoms with E-state index >= 15 is 0 Å². The van der Waals surface area contributed by atoms with Crippen molar-refractivity contribution in [3.8, 4) is 0 Å². The average Bonchev–Trinajstić information content (AvgIpc) is 3.13. The predicted octanol–water partition coefficient (Wildman–Crippen LogP) is 2.42. The molecule has 0 aliphatic carbocycles. The maximum atomic E-state index is 10.2. The second-order valence-corrected chi connectivity index (χ2v) is 5.10. The van der Waals surface area contributed by atoms with Gasteiger partial charge in [-0.05, 0) is 23.8 Å². The quantitative estimate of drug-likeness (QED) is 0.757. The van der Waals surface area contributed by atoms with E-state index in [1.807, 2.05) is 53.4 Å². The molecule has 106 valence electrons. The van der Waals surface area contributed by atoms with Gasteiger partial charge in [-0.2, -0.15) is 0 Å². The van der Waals surface area contributed by atoms with Crippen molar-refractivity contribution in [3.05, 3.63) is 60.4 Å². The molecule has 5 nitrogen and oxygen atoms in total. The summed E-state index contributed by atoms with van der Waals surface area (Å²) in [5.41, 5.74) is 3.88. The van der Waals surface area contributed by atoms with Gasteiger partial charge in [0.05, 0.1) is 30.0 Å². The fourth-order valence-electron chi connectivity index (χ4n) is 2.82. The number of anilines is 1. The summed E-state index contributed by atoms with van der Waals surface area (Å²) in [6.45, 7) is 0.464. The van der Waals surface area contributed by atoms with E-state index < -0.39 is 6.41 Å². The third kappa shape index (κ3) is 2.07. The van der Waals surface area contributed by atoms with Crippen molar-refractivity contribution in [3.63, 3.8) is 0 Å². The monoisotopic (exact) mass is 281 g/mol. The molecule has 1 fully saturated rings. The highest BCUT2D eigenvalue weighted by Crippen LogP contribution is 2.35. The minimum Gasteiger partial charge on any atom is -0.351 e. The Kier molecular flexibility index (Phi) is 2.87. The fourth-order valence-corrected chi connectivity index (χ4v) is 2.82. The largest absolute Gasteiger partial charge is 0.351 e. The van der Waals surface area contributed by atoms with Gasteiger partial charge < -0.3 is 19.7 Å². The van der Waals surface area contributed by atoms with Crippen LogP contribution in [0.5, 0.6) is 0 Å². The number of hydrogen-bond acceptors (Lipinski definition) is 4. The number of nitrogens with zero attached hydrogens (tertiary/aromatic N) is 2. The zero-order valence-corrected chi connectivity index (χ0v) is 11.3. The van der Waals surface area contributed by atoms with E-state index in [1.54, 1.807) is 6.33 Å². The summed E-state index contributed by atoms with van der Waals surface area (Å²) in [6, 6.07) is 16.0. The molecule has 1 saturated heterocycles. The Morgan fingerprint density at radius 2 is 2.05 bits per heavy atom. The summed E-state index contributed by atoms with van der Waals surface area (Å²) in [5, 5.41) is 10.2. The lowest BCUT2D eigenvalue weighted by Gasteiger charge is -2.27. The van der Waals surface area contributed by atoms with Crippen LogP contribution < -0.4 is 4.90 Å². The van der Waals surface area contributed by atoms with Crippen molar-refractivity contribution in [2.24, 2.45) is 0 Å². The van der Waals surface area contributed by atoms with Crippen molar-refractivity contribution < 1.29 is 9.84 Å². The number of H-pyrrole nitrogens is 1. The summed E-state index contributed by atoms with van der Waals surface area (Å²) >= 11 is 0. The summed E-state index contributed by atoms with van der Waals surface area (Å²) in [4.78, 5) is 9.19. The molecule has 2 heterocycles. The molecule has 5 heteroatoms. The van der Waals surface area contributed by atoms with Crippen LogP contribution in [-0.4, -0.2) is 28.1 Å². The number of rotatable bonds is 2. The molecule has 1 unspecified atom stereocenters. The van der Waals surface area contributed by atoms with Crippen molar-refractivity contribution >= 4 is 16.7 Å². The maximum Gasteiger partial charge on any atom is 0.238 e. The van der Waals surface area contributed by atoms with Gasteiger partial charge >= 0.3 is 0 Å². The molecule has 0 amide bonds. The fraction of sp³-hybridized carbons (Fsp3) is 0.188. The molecule has 2 atom stereocenters. The van der Waals surface area contributed by atoms with Crippen molar-refractivity contribution in [2.45, 2.75) is 12.5 Å². The summed E-state index contributed by atoms with van der Waals surface area (Å²) < 4.78 is 5.44. The Labute approximate surface area is 121 Å². The number of hydrogen-bond donors (Lipinski definition) is 2. The molecule has 1 aliphatic heterocycles. The van der Waals surface area contributed by atoms with E-state index in [2.05, 4.69) is 9.97 Å². The number of aromatic nitrogens is 2. The first kappa shape index (κ1) is 12.4. The van der Waals surface area contributed by atoms with Gasteiger partial charge in [-0.1, -0.05) is 30.3 Å². The summed E-state index contributed by atoms with van der Waals surface area (Å²) in [7, 11) is 0. The van der Waals surface area contributed by atoms with Crippen LogP contribution in [0.1, 0.15) is 11.6 Å². The Morgan fingerprint density at radius 1 is 1.19 bits per heavy atom. The first-order chi connectivity index (χ1) is 10.3. The number of ether oxygens (including phenoxy) is 1. The van der Waals surface area contributed by atoms with Crippen LogP contribution in [0.25, 0.3) is 11.0 Å². The van der Waals surface area contributed by atoms with Crippen LogP contribution in [0.3, 0.4) is 0 Å². The van der Waals surface area contributed by atoms with Gasteiger partial charge in [-0.15, -0.1) is 0 Å². The van der Waals surface area contributed by atoms with E-state index in [4.69, 9.17) is 4.74 Å². The predicted molar refractivity (Wildman–Crippen MR) is 79.7 cm³/mol. The van der Waals surface area contributed by atoms with E-state index in [-0.39, 0.29) is 6.04 Å². The van der Waals surface area contributed by atoms with Gasteiger partial charge in [0.1, 0.15) is 0 Å². The molecule has 0 spiro atoms. The standard InChI is InChI=1S/C16H15N3O2/c20-16-19(12-6-7-13-14(8-12)18-10-17-13)15(9-21-16)11-4-2-1-3-5-11/h1-8,10,15-16,20H,9H2,(H,17,18)/t15-,16?/m0/s1. The third-order valence-corrected chi connectivity index (χ3v) is 3.86. The number of imidazole rings is 1.